The molecule has 0 aliphatic carbocycles. The van der Waals surface area contributed by atoms with E-state index in [1.165, 1.54) is 18.2 Å². The Labute approximate surface area is 178 Å². The highest BCUT2D eigenvalue weighted by Crippen LogP contribution is 2.44. The minimum absolute atomic E-state index is 0.0596. The van der Waals surface area contributed by atoms with E-state index in [-0.39, 0.29) is 34.3 Å². The summed E-state index contributed by atoms with van der Waals surface area (Å²) in [6, 6.07) is 6.38. The number of aromatic amines is 1. The Kier molecular flexibility index (Phi) is 2.05. The van der Waals surface area contributed by atoms with E-state index in [1.54, 1.807) is 24.3 Å². The lowest BCUT2D eigenvalue weighted by atomic mass is 9.86. The van der Waals surface area contributed by atoms with Gasteiger partial charge in [0.25, 0.3) is 0 Å². The van der Waals surface area contributed by atoms with Gasteiger partial charge < -0.3 is 24.3 Å². The van der Waals surface area contributed by atoms with E-state index >= 15 is 0 Å². The van der Waals surface area contributed by atoms with Crippen LogP contribution in [0.2, 0.25) is 0 Å². The van der Waals surface area contributed by atoms with Crippen molar-refractivity contribution >= 4 is 22.7 Å². The van der Waals surface area contributed by atoms with Crippen molar-refractivity contribution in [2.75, 3.05) is 20.3 Å². The van der Waals surface area contributed by atoms with Crippen molar-refractivity contribution in [3.05, 3.63) is 59.3 Å². The van der Waals surface area contributed by atoms with Crippen molar-refractivity contribution in [2.45, 2.75) is 18.4 Å². The zero-order valence-corrected chi connectivity index (χ0v) is 14.9. The van der Waals surface area contributed by atoms with Gasteiger partial charge in [0.2, 0.25) is 18.6 Å². The molecule has 7 nitrogen and oxygen atoms in total. The van der Waals surface area contributed by atoms with Gasteiger partial charge in [-0.1, -0.05) is 24.3 Å². The molecule has 2 atom stereocenters. The van der Waals surface area contributed by atoms with Crippen LogP contribution < -0.4 is 9.47 Å². The van der Waals surface area contributed by atoms with Crippen molar-refractivity contribution in [3.63, 3.8) is 0 Å². The average molecular weight is 397 g/mol. The first-order valence-corrected chi connectivity index (χ1v) is 8.91. The quantitative estimate of drug-likeness (QED) is 0.683. The summed E-state index contributed by atoms with van der Waals surface area (Å²) in [5.41, 5.74) is 0.299. The number of para-hydroxylation sites is 1. The van der Waals surface area contributed by atoms with Crippen LogP contribution in [0.4, 0.5) is 0 Å². The zero-order valence-electron chi connectivity index (χ0n) is 22.9. The van der Waals surface area contributed by atoms with Gasteiger partial charge in [-0.2, -0.15) is 0 Å². The van der Waals surface area contributed by atoms with E-state index in [0.29, 0.717) is 21.6 Å². The molecule has 1 aromatic heterocycles. The third kappa shape index (κ3) is 2.24. The predicted octanol–water partition coefficient (Wildman–Crippen LogP) is 2.21. The molecule has 3 aliphatic rings. The van der Waals surface area contributed by atoms with Gasteiger partial charge in [-0.05, 0) is 29.3 Å². The molecule has 1 saturated heterocycles. The molecule has 0 saturated carbocycles. The van der Waals surface area contributed by atoms with E-state index in [4.69, 9.17) is 19.1 Å². The molecule has 2 aromatic carbocycles. The van der Waals surface area contributed by atoms with Gasteiger partial charge in [-0.3, -0.25) is 9.59 Å². The summed E-state index contributed by atoms with van der Waals surface area (Å²) in [6.07, 6.45) is -2.69. The molecule has 0 radical (unpaired) electrons. The van der Waals surface area contributed by atoms with E-state index in [1.807, 2.05) is 0 Å². The van der Waals surface area contributed by atoms with Crippen molar-refractivity contribution in [2.24, 2.45) is 0 Å². The van der Waals surface area contributed by atoms with Crippen molar-refractivity contribution in [1.29, 1.82) is 0 Å². The Morgan fingerprint density at radius 3 is 2.97 bits per heavy atom. The van der Waals surface area contributed by atoms with E-state index in [2.05, 4.69) is 4.98 Å². The van der Waals surface area contributed by atoms with Crippen LogP contribution >= 0.6 is 0 Å². The lowest BCUT2D eigenvalue weighted by Crippen LogP contribution is -2.62. The number of rotatable bonds is 1. The van der Waals surface area contributed by atoms with Crippen LogP contribution in [0.1, 0.15) is 33.8 Å². The van der Waals surface area contributed by atoms with Gasteiger partial charge in [-0.25, -0.2) is 0 Å². The normalized spacial score (nSPS) is 33.3. The zero-order chi connectivity index (χ0) is 26.7. The van der Waals surface area contributed by atoms with Crippen LogP contribution in [0.5, 0.6) is 11.5 Å². The van der Waals surface area contributed by atoms with Crippen LogP contribution in [0.3, 0.4) is 0 Å². The van der Waals surface area contributed by atoms with Crippen LogP contribution in [-0.4, -0.2) is 52.9 Å². The number of fused-ring (bicyclic) bond motifs is 5. The number of nitrogens with one attached hydrogen (secondary N) is 1. The number of carbonyl (C=O) groups excluding carboxylic acids is 2. The molecule has 0 unspecified atom stereocenters. The summed E-state index contributed by atoms with van der Waals surface area (Å²) in [4.78, 5) is 30.8. The van der Waals surface area contributed by atoms with Crippen molar-refractivity contribution in [1.82, 2.24) is 14.8 Å². The number of benzene rings is 2. The highest BCUT2D eigenvalue weighted by Gasteiger charge is 2.47. The van der Waals surface area contributed by atoms with Crippen molar-refractivity contribution < 1.29 is 30.0 Å². The number of carbonyl (C=O) groups is 2. The number of ether oxygens (including phenoxy) is 2. The third-order valence-electron chi connectivity index (χ3n) is 5.25. The molecule has 3 aromatic rings. The number of amides is 2. The van der Waals surface area contributed by atoms with Crippen molar-refractivity contribution in [3.8, 4) is 11.5 Å². The molecule has 1 N–H and O–H groups in total. The first-order valence-electron chi connectivity index (χ1n) is 12.9. The molecule has 2 amide bonds. The maximum Gasteiger partial charge on any atom is 0.245 e. The lowest BCUT2D eigenvalue weighted by molar-refractivity contribution is -0.157. The summed E-state index contributed by atoms with van der Waals surface area (Å²) in [7, 11) is 0. The number of likely N-dealkylation sites (N-methyl/N-ethyl adjacent to an activating group) is 1. The second kappa shape index (κ2) is 5.76. The molecule has 7 heteroatoms. The number of H-pyrrole nitrogens is 1. The van der Waals surface area contributed by atoms with Gasteiger partial charge in [0.1, 0.15) is 6.04 Å². The first kappa shape index (κ1) is 10.3. The Balaban J connectivity index is 1.71. The summed E-state index contributed by atoms with van der Waals surface area (Å²) < 4.78 is 78.4. The van der Waals surface area contributed by atoms with Crippen LogP contribution in [-0.2, 0) is 16.0 Å². The van der Waals surface area contributed by atoms with Crippen LogP contribution in [0, 0.1) is 0 Å². The highest BCUT2D eigenvalue weighted by atomic mass is 16.7. The van der Waals surface area contributed by atoms with E-state index in [9.17, 15) is 11.0 Å². The second-order valence-electron chi connectivity index (χ2n) is 6.84. The third-order valence-corrected chi connectivity index (χ3v) is 5.25. The molecule has 1 fully saturated rings. The standard InChI is InChI=1S/C22H19N3O4/c1-24-10-19(26)25-16(22(24)27)9-14-13-4-2-3-5-15(13)23-20(14)21(25)12-6-7-17-18(8-12)29-11-28-17/h2-8,16,21,23H,9-11H2,1H3/t16-,21-/m1/s1/i1D3,9D2,10D2,21D. The molecule has 29 heavy (non-hydrogen) atoms. The topological polar surface area (TPSA) is 74.9 Å². The Morgan fingerprint density at radius 1 is 1.21 bits per heavy atom. The van der Waals surface area contributed by atoms with Gasteiger partial charge >= 0.3 is 0 Å². The number of hydrogen-bond acceptors (Lipinski definition) is 4. The largest absolute Gasteiger partial charge is 0.454 e. The van der Waals surface area contributed by atoms with Gasteiger partial charge in [-0.15, -0.1) is 0 Å². The van der Waals surface area contributed by atoms with Gasteiger partial charge in [0, 0.05) is 36.8 Å². The predicted molar refractivity (Wildman–Crippen MR) is 105 cm³/mol. The highest BCUT2D eigenvalue weighted by molar-refractivity contribution is 5.97. The molecule has 146 valence electrons. The first-order chi connectivity index (χ1) is 17.2. The molecular weight excluding hydrogens is 370 g/mol. The minimum Gasteiger partial charge on any atom is -0.454 e. The Bertz CT molecular complexity index is 1500. The molecule has 0 bridgehead atoms. The Morgan fingerprint density at radius 2 is 2.07 bits per heavy atom. The van der Waals surface area contributed by atoms with E-state index in [0.717, 1.165) is 0 Å². The fraction of sp³-hybridized carbons (Fsp3) is 0.273. The van der Waals surface area contributed by atoms with Crippen LogP contribution in [0.25, 0.3) is 10.9 Å². The number of nitrogens with zero attached hydrogens (tertiary/aromatic N) is 2. The lowest BCUT2D eigenvalue weighted by Gasteiger charge is -2.46. The smallest absolute Gasteiger partial charge is 0.245 e. The van der Waals surface area contributed by atoms with Crippen LogP contribution in [0.15, 0.2) is 42.5 Å². The molecule has 6 rings (SSSR count). The summed E-state index contributed by atoms with van der Waals surface area (Å²) >= 11 is 0. The number of hydrogen-bond donors (Lipinski definition) is 1. The minimum atomic E-state index is -3.39. The SMILES string of the molecule is [2H]C1([2H])c2c([nH]c3ccccc23)[C@@]([2H])(c2ccc3c(c2)OCO3)N2C(=O)C([2H])([2H])N(C([2H])([2H])[2H])C(=O)[C@H]21. The number of aromatic nitrogens is 1. The van der Waals surface area contributed by atoms with Gasteiger partial charge in [0.05, 0.1) is 16.6 Å². The molecule has 3 aliphatic heterocycles. The average Bonchev–Trinajstić information content (AvgIpc) is 3.43. The summed E-state index contributed by atoms with van der Waals surface area (Å²) in [6.45, 7) is -6.85. The Hall–Kier alpha value is -3.48. The summed E-state index contributed by atoms with van der Waals surface area (Å²) in [5.74, 6) is -2.39. The maximum absolute atomic E-state index is 13.8. The summed E-state index contributed by atoms with van der Waals surface area (Å²) in [5, 5.41) is 0.341. The molecule has 4 heterocycles. The van der Waals surface area contributed by atoms with Gasteiger partial charge in [0.15, 0.2) is 11.5 Å². The van der Waals surface area contributed by atoms with E-state index < -0.39 is 43.7 Å². The molecular formula is C22H19N3O4. The number of piperazine rings is 1. The second-order valence-corrected chi connectivity index (χ2v) is 6.84. The monoisotopic (exact) mass is 397 g/mol. The molecule has 0 spiro atoms. The fourth-order valence-electron chi connectivity index (χ4n) is 3.97. The maximum atomic E-state index is 13.8. The fourth-order valence-corrected chi connectivity index (χ4v) is 3.97.